The minimum Gasteiger partial charge on any atom is -0.349 e. The molecule has 15 heavy (non-hydrogen) atoms. The van der Waals surface area contributed by atoms with Gasteiger partial charge in [0.2, 0.25) is 0 Å². The van der Waals surface area contributed by atoms with Gasteiger partial charge < -0.3 is 5.32 Å². The number of aromatic nitrogens is 2. The van der Waals surface area contributed by atoms with Crippen molar-refractivity contribution in [1.29, 1.82) is 0 Å². The molecule has 1 amide bonds. The van der Waals surface area contributed by atoms with Gasteiger partial charge in [0.05, 0.1) is 11.8 Å². The van der Waals surface area contributed by atoms with Gasteiger partial charge in [-0.15, -0.1) is 0 Å². The van der Waals surface area contributed by atoms with Gasteiger partial charge in [-0.1, -0.05) is 22.9 Å². The van der Waals surface area contributed by atoms with Gasteiger partial charge >= 0.3 is 0 Å². The Kier molecular flexibility index (Phi) is 4.32. The van der Waals surface area contributed by atoms with Gasteiger partial charge in [-0.2, -0.15) is 5.10 Å². The minimum atomic E-state index is -0.0677. The molecule has 0 aliphatic carbocycles. The SMILES string of the molecule is Cc1[nH]ncc1C(=O)NC(C)CC(C)Br. The molecule has 0 aliphatic rings. The monoisotopic (exact) mass is 273 g/mol. The lowest BCUT2D eigenvalue weighted by molar-refractivity contribution is 0.0938. The molecule has 5 heteroatoms. The van der Waals surface area contributed by atoms with Crippen LogP contribution in [0.2, 0.25) is 0 Å². The van der Waals surface area contributed by atoms with E-state index in [1.54, 1.807) is 6.20 Å². The van der Waals surface area contributed by atoms with Crippen LogP contribution in [0.3, 0.4) is 0 Å². The molecular formula is C10H16BrN3O. The maximum absolute atomic E-state index is 11.7. The quantitative estimate of drug-likeness (QED) is 0.825. The summed E-state index contributed by atoms with van der Waals surface area (Å²) in [5.74, 6) is -0.0677. The van der Waals surface area contributed by atoms with Gasteiger partial charge in [-0.25, -0.2) is 0 Å². The largest absolute Gasteiger partial charge is 0.349 e. The lowest BCUT2D eigenvalue weighted by atomic mass is 10.1. The Bertz CT molecular complexity index is 335. The molecule has 2 atom stereocenters. The van der Waals surface area contributed by atoms with E-state index in [1.807, 2.05) is 13.8 Å². The van der Waals surface area contributed by atoms with Crippen LogP contribution in [0.15, 0.2) is 6.20 Å². The van der Waals surface area contributed by atoms with Crippen molar-refractivity contribution in [2.24, 2.45) is 0 Å². The van der Waals surface area contributed by atoms with Crippen molar-refractivity contribution in [2.45, 2.75) is 38.1 Å². The number of amides is 1. The van der Waals surface area contributed by atoms with E-state index in [1.165, 1.54) is 0 Å². The first-order valence-corrected chi connectivity index (χ1v) is 5.87. The molecule has 0 aromatic carbocycles. The number of alkyl halides is 1. The molecule has 0 bridgehead atoms. The van der Waals surface area contributed by atoms with Crippen LogP contribution in [0.5, 0.6) is 0 Å². The molecule has 0 fully saturated rings. The van der Waals surface area contributed by atoms with Gasteiger partial charge in [0.1, 0.15) is 0 Å². The Morgan fingerprint density at radius 3 is 2.80 bits per heavy atom. The normalized spacial score (nSPS) is 14.7. The van der Waals surface area contributed by atoms with Crippen molar-refractivity contribution in [3.05, 3.63) is 17.5 Å². The van der Waals surface area contributed by atoms with E-state index >= 15 is 0 Å². The molecule has 0 saturated heterocycles. The maximum atomic E-state index is 11.7. The molecule has 0 aliphatic heterocycles. The van der Waals surface area contributed by atoms with Crippen LogP contribution < -0.4 is 5.32 Å². The molecule has 0 radical (unpaired) electrons. The number of hydrogen-bond acceptors (Lipinski definition) is 2. The first-order chi connectivity index (χ1) is 7.00. The summed E-state index contributed by atoms with van der Waals surface area (Å²) in [7, 11) is 0. The van der Waals surface area contributed by atoms with Crippen LogP contribution in [0.25, 0.3) is 0 Å². The molecule has 4 nitrogen and oxygen atoms in total. The van der Waals surface area contributed by atoms with Gasteiger partial charge in [0.15, 0.2) is 0 Å². The highest BCUT2D eigenvalue weighted by atomic mass is 79.9. The summed E-state index contributed by atoms with van der Waals surface area (Å²) >= 11 is 3.46. The number of nitrogens with zero attached hydrogens (tertiary/aromatic N) is 1. The summed E-state index contributed by atoms with van der Waals surface area (Å²) in [5.41, 5.74) is 1.41. The number of H-pyrrole nitrogens is 1. The molecule has 0 spiro atoms. The lowest BCUT2D eigenvalue weighted by Gasteiger charge is -2.14. The van der Waals surface area contributed by atoms with Crippen LogP contribution in [0, 0.1) is 6.92 Å². The average molecular weight is 274 g/mol. The van der Waals surface area contributed by atoms with Crippen molar-refractivity contribution in [1.82, 2.24) is 15.5 Å². The van der Waals surface area contributed by atoms with E-state index in [4.69, 9.17) is 0 Å². The molecule has 2 N–H and O–H groups in total. The number of halogens is 1. The fourth-order valence-corrected chi connectivity index (χ4v) is 1.99. The first kappa shape index (κ1) is 12.2. The van der Waals surface area contributed by atoms with Crippen molar-refractivity contribution >= 4 is 21.8 Å². The summed E-state index contributed by atoms with van der Waals surface area (Å²) in [6, 6.07) is 0.154. The molecule has 2 unspecified atom stereocenters. The van der Waals surface area contributed by atoms with Crippen LogP contribution in [0.1, 0.15) is 36.3 Å². The fraction of sp³-hybridized carbons (Fsp3) is 0.600. The highest BCUT2D eigenvalue weighted by molar-refractivity contribution is 9.09. The second kappa shape index (κ2) is 5.30. The summed E-state index contributed by atoms with van der Waals surface area (Å²) < 4.78 is 0. The van der Waals surface area contributed by atoms with E-state index in [2.05, 4.69) is 38.4 Å². The zero-order chi connectivity index (χ0) is 11.4. The Balaban J connectivity index is 2.53. The summed E-state index contributed by atoms with van der Waals surface area (Å²) in [5, 5.41) is 9.48. The second-order valence-corrected chi connectivity index (χ2v) is 5.36. The third-order valence-electron chi connectivity index (χ3n) is 2.13. The predicted molar refractivity (Wildman–Crippen MR) is 63.3 cm³/mol. The topological polar surface area (TPSA) is 57.8 Å². The molecule has 1 aromatic heterocycles. The Morgan fingerprint density at radius 1 is 1.67 bits per heavy atom. The van der Waals surface area contributed by atoms with E-state index in [0.717, 1.165) is 12.1 Å². The number of carbonyl (C=O) groups excluding carboxylic acids is 1. The number of aryl methyl sites for hydroxylation is 1. The van der Waals surface area contributed by atoms with Crippen LogP contribution in [-0.4, -0.2) is 27.0 Å². The number of aromatic amines is 1. The molecule has 0 saturated carbocycles. The van der Waals surface area contributed by atoms with Crippen molar-refractivity contribution < 1.29 is 4.79 Å². The Hall–Kier alpha value is -0.840. The predicted octanol–water partition coefficient (Wildman–Crippen LogP) is 2.01. The third kappa shape index (κ3) is 3.66. The standard InChI is InChI=1S/C10H16BrN3O/c1-6(11)4-7(2)13-10(15)9-5-12-14-8(9)3/h5-7H,4H2,1-3H3,(H,12,14)(H,13,15). The second-order valence-electron chi connectivity index (χ2n) is 3.80. The number of hydrogen-bond donors (Lipinski definition) is 2. The average Bonchev–Trinajstić information content (AvgIpc) is 2.49. The van der Waals surface area contributed by atoms with E-state index in [0.29, 0.717) is 10.4 Å². The van der Waals surface area contributed by atoms with Gasteiger partial charge in [0.25, 0.3) is 5.91 Å². The van der Waals surface area contributed by atoms with E-state index in [9.17, 15) is 4.79 Å². The number of carbonyl (C=O) groups is 1. The number of nitrogens with one attached hydrogen (secondary N) is 2. The van der Waals surface area contributed by atoms with E-state index in [-0.39, 0.29) is 11.9 Å². The van der Waals surface area contributed by atoms with Gasteiger partial charge in [-0.3, -0.25) is 9.89 Å². The number of rotatable bonds is 4. The van der Waals surface area contributed by atoms with E-state index < -0.39 is 0 Å². The zero-order valence-corrected chi connectivity index (χ0v) is 10.8. The van der Waals surface area contributed by atoms with Crippen LogP contribution in [0.4, 0.5) is 0 Å². The van der Waals surface area contributed by atoms with Crippen molar-refractivity contribution in [3.8, 4) is 0 Å². The first-order valence-electron chi connectivity index (χ1n) is 4.95. The van der Waals surface area contributed by atoms with Gasteiger partial charge in [0, 0.05) is 16.6 Å². The highest BCUT2D eigenvalue weighted by Gasteiger charge is 2.14. The Morgan fingerprint density at radius 2 is 2.33 bits per heavy atom. The summed E-state index contributed by atoms with van der Waals surface area (Å²) in [6.07, 6.45) is 2.46. The zero-order valence-electron chi connectivity index (χ0n) is 9.17. The van der Waals surface area contributed by atoms with Gasteiger partial charge in [-0.05, 0) is 20.3 Å². The fourth-order valence-electron chi connectivity index (χ4n) is 1.43. The molecule has 84 valence electrons. The Labute approximate surface area is 98.0 Å². The third-order valence-corrected chi connectivity index (χ3v) is 2.50. The van der Waals surface area contributed by atoms with Crippen LogP contribution >= 0.6 is 15.9 Å². The molecule has 1 rings (SSSR count). The minimum absolute atomic E-state index is 0.0677. The smallest absolute Gasteiger partial charge is 0.254 e. The highest BCUT2D eigenvalue weighted by Crippen LogP contribution is 2.08. The summed E-state index contributed by atoms with van der Waals surface area (Å²) in [6.45, 7) is 5.89. The van der Waals surface area contributed by atoms with Crippen LogP contribution in [-0.2, 0) is 0 Å². The van der Waals surface area contributed by atoms with Crippen molar-refractivity contribution in [3.63, 3.8) is 0 Å². The maximum Gasteiger partial charge on any atom is 0.254 e. The molecule has 1 aromatic rings. The van der Waals surface area contributed by atoms with Crippen molar-refractivity contribution in [2.75, 3.05) is 0 Å². The molecule has 1 heterocycles. The molecular weight excluding hydrogens is 258 g/mol. The summed E-state index contributed by atoms with van der Waals surface area (Å²) in [4.78, 5) is 12.1. The lowest BCUT2D eigenvalue weighted by Crippen LogP contribution is -2.34.